The maximum Gasteiger partial charge on any atom is 0.322 e. The summed E-state index contributed by atoms with van der Waals surface area (Å²) in [7, 11) is 5.80. The molecular weight excluding hydrogens is 274 g/mol. The maximum atomic E-state index is 14.6. The van der Waals surface area contributed by atoms with Crippen molar-refractivity contribution in [3.63, 3.8) is 0 Å². The molecule has 2 aromatic rings. The van der Waals surface area contributed by atoms with Crippen LogP contribution in [0.25, 0.3) is 0 Å². The van der Waals surface area contributed by atoms with E-state index in [1.165, 1.54) is 18.3 Å². The summed E-state index contributed by atoms with van der Waals surface area (Å²) >= 11 is 0. The zero-order valence-corrected chi connectivity index (χ0v) is 11.4. The average Bonchev–Trinajstić information content (AvgIpc) is 2.96. The van der Waals surface area contributed by atoms with Crippen LogP contribution in [0.1, 0.15) is 17.5 Å². The number of hydrogen-bond donors (Lipinski definition) is 0. The van der Waals surface area contributed by atoms with Crippen molar-refractivity contribution in [2.24, 2.45) is 0 Å². The Morgan fingerprint density at radius 1 is 1.29 bits per heavy atom. The summed E-state index contributed by atoms with van der Waals surface area (Å²) in [5.74, 6) is -0.657. The summed E-state index contributed by atoms with van der Waals surface area (Å²) in [5, 5.41) is 0. The van der Waals surface area contributed by atoms with Gasteiger partial charge in [-0.2, -0.15) is 0 Å². The van der Waals surface area contributed by atoms with Gasteiger partial charge in [0.25, 0.3) is 0 Å². The Bertz CT molecular complexity index is 663. The molecule has 0 unspecified atom stereocenters. The molecule has 2 radical (unpaired) electrons. The van der Waals surface area contributed by atoms with Gasteiger partial charge in [0.05, 0.1) is 13.2 Å². The molecule has 0 atom stereocenters. The topological polar surface area (TPSA) is 53.5 Å². The lowest BCUT2D eigenvalue weighted by molar-refractivity contribution is -0.0458. The van der Waals surface area contributed by atoms with E-state index in [4.69, 9.17) is 22.1 Å². The molecule has 21 heavy (non-hydrogen) atoms. The zero-order valence-electron chi connectivity index (χ0n) is 11.4. The molecule has 0 bridgehead atoms. The van der Waals surface area contributed by atoms with Gasteiger partial charge in [0.15, 0.2) is 17.9 Å². The highest BCUT2D eigenvalue weighted by Gasteiger charge is 2.26. The van der Waals surface area contributed by atoms with Crippen molar-refractivity contribution in [2.45, 2.75) is 13.2 Å². The predicted molar refractivity (Wildman–Crippen MR) is 73.3 cm³/mol. The van der Waals surface area contributed by atoms with E-state index in [1.54, 1.807) is 13.0 Å². The Labute approximate surface area is 122 Å². The minimum absolute atomic E-state index is 0.0242. The van der Waals surface area contributed by atoms with Crippen molar-refractivity contribution in [3.05, 3.63) is 41.5 Å². The van der Waals surface area contributed by atoms with Gasteiger partial charge in [0.1, 0.15) is 7.85 Å². The summed E-state index contributed by atoms with van der Waals surface area (Å²) in [5.41, 5.74) is 1.10. The van der Waals surface area contributed by atoms with E-state index in [0.29, 0.717) is 13.2 Å². The summed E-state index contributed by atoms with van der Waals surface area (Å²) in [6.07, 6.45) is 0.726. The van der Waals surface area contributed by atoms with Crippen molar-refractivity contribution in [1.82, 2.24) is 9.97 Å². The number of ether oxygens (including phenoxy) is 3. The first-order valence-electron chi connectivity index (χ1n) is 6.44. The quantitative estimate of drug-likeness (QED) is 0.801. The molecule has 0 saturated carbocycles. The standard InChI is InChI=1S/C14H12BFN2O3/c1-8-4-5-17-14(18-8)21-10-3-2-9(15)11(12(10)16)13-19-6-7-20-13/h2-5,13H,6-7H2,1H3. The second-order valence-electron chi connectivity index (χ2n) is 4.54. The molecule has 1 aromatic carbocycles. The smallest absolute Gasteiger partial charge is 0.322 e. The third kappa shape index (κ3) is 2.89. The molecule has 106 valence electrons. The Morgan fingerprint density at radius 2 is 2.05 bits per heavy atom. The van der Waals surface area contributed by atoms with Gasteiger partial charge in [0, 0.05) is 17.5 Å². The van der Waals surface area contributed by atoms with Crippen molar-refractivity contribution in [1.29, 1.82) is 0 Å². The first kappa shape index (κ1) is 14.0. The zero-order chi connectivity index (χ0) is 14.8. The van der Waals surface area contributed by atoms with Gasteiger partial charge in [-0.3, -0.25) is 0 Å². The van der Waals surface area contributed by atoms with Crippen LogP contribution in [-0.2, 0) is 9.47 Å². The lowest BCUT2D eigenvalue weighted by Crippen LogP contribution is -2.18. The van der Waals surface area contributed by atoms with Crippen molar-refractivity contribution in [2.75, 3.05) is 13.2 Å². The normalized spacial score (nSPS) is 15.3. The van der Waals surface area contributed by atoms with E-state index >= 15 is 0 Å². The molecule has 0 aliphatic carbocycles. The SMILES string of the molecule is [B]c1ccc(Oc2nccc(C)n2)c(F)c1C1OCCO1. The predicted octanol–water partition coefficient (Wildman–Crippen LogP) is 1.56. The van der Waals surface area contributed by atoms with Crippen LogP contribution in [-0.4, -0.2) is 31.0 Å². The van der Waals surface area contributed by atoms with Crippen molar-refractivity contribution >= 4 is 13.3 Å². The molecule has 1 aliphatic heterocycles. The fraction of sp³-hybridized carbons (Fsp3) is 0.286. The fourth-order valence-electron chi connectivity index (χ4n) is 2.00. The van der Waals surface area contributed by atoms with Gasteiger partial charge in [-0.05, 0) is 19.1 Å². The van der Waals surface area contributed by atoms with Gasteiger partial charge in [0.2, 0.25) is 0 Å². The Hall–Kier alpha value is -1.99. The number of aryl methyl sites for hydroxylation is 1. The van der Waals surface area contributed by atoms with Gasteiger partial charge in [-0.1, -0.05) is 11.5 Å². The summed E-state index contributed by atoms with van der Waals surface area (Å²) in [6.45, 7) is 2.59. The third-order valence-electron chi connectivity index (χ3n) is 3.01. The van der Waals surface area contributed by atoms with E-state index in [1.807, 2.05) is 0 Å². The van der Waals surface area contributed by atoms with Gasteiger partial charge in [-0.25, -0.2) is 14.4 Å². The summed E-state index contributed by atoms with van der Waals surface area (Å²) in [6, 6.07) is 4.75. The number of benzene rings is 1. The summed E-state index contributed by atoms with van der Waals surface area (Å²) in [4.78, 5) is 8.00. The third-order valence-corrected chi connectivity index (χ3v) is 3.01. The Kier molecular flexibility index (Phi) is 3.85. The maximum absolute atomic E-state index is 14.6. The van der Waals surface area contributed by atoms with Crippen molar-refractivity contribution < 1.29 is 18.6 Å². The van der Waals surface area contributed by atoms with E-state index < -0.39 is 12.1 Å². The molecular formula is C14H12BFN2O3. The molecule has 2 heterocycles. The van der Waals surface area contributed by atoms with Crippen LogP contribution >= 0.6 is 0 Å². The second kappa shape index (κ2) is 5.79. The minimum Gasteiger partial charge on any atom is -0.421 e. The molecule has 1 fully saturated rings. The van der Waals surface area contributed by atoms with Crippen LogP contribution in [0.2, 0.25) is 0 Å². The second-order valence-corrected chi connectivity index (χ2v) is 4.54. The van der Waals surface area contributed by atoms with Gasteiger partial charge in [-0.15, -0.1) is 0 Å². The number of rotatable bonds is 3. The highest BCUT2D eigenvalue weighted by Crippen LogP contribution is 2.30. The molecule has 1 aromatic heterocycles. The van der Waals surface area contributed by atoms with Crippen LogP contribution in [0.3, 0.4) is 0 Å². The molecule has 1 aliphatic rings. The Morgan fingerprint density at radius 3 is 2.76 bits per heavy atom. The van der Waals surface area contributed by atoms with Crippen LogP contribution < -0.4 is 10.2 Å². The van der Waals surface area contributed by atoms with E-state index in [0.717, 1.165) is 5.69 Å². The first-order valence-corrected chi connectivity index (χ1v) is 6.44. The fourth-order valence-corrected chi connectivity index (χ4v) is 2.00. The highest BCUT2D eigenvalue weighted by atomic mass is 19.1. The molecule has 1 saturated heterocycles. The van der Waals surface area contributed by atoms with Crippen molar-refractivity contribution in [3.8, 4) is 11.8 Å². The largest absolute Gasteiger partial charge is 0.421 e. The molecule has 0 N–H and O–H groups in total. The van der Waals surface area contributed by atoms with Crippen LogP contribution in [0, 0.1) is 12.7 Å². The number of halogens is 1. The van der Waals surface area contributed by atoms with Gasteiger partial charge >= 0.3 is 6.01 Å². The number of hydrogen-bond acceptors (Lipinski definition) is 5. The molecule has 0 spiro atoms. The molecule has 5 nitrogen and oxygen atoms in total. The molecule has 0 amide bonds. The first-order chi connectivity index (χ1) is 10.1. The van der Waals surface area contributed by atoms with Crippen LogP contribution in [0.5, 0.6) is 11.8 Å². The highest BCUT2D eigenvalue weighted by molar-refractivity contribution is 6.33. The Balaban J connectivity index is 1.94. The number of nitrogens with zero attached hydrogens (tertiary/aromatic N) is 2. The lowest BCUT2D eigenvalue weighted by Gasteiger charge is -2.16. The van der Waals surface area contributed by atoms with Gasteiger partial charge < -0.3 is 14.2 Å². The molecule has 3 rings (SSSR count). The average molecular weight is 286 g/mol. The minimum atomic E-state index is -0.813. The number of aromatic nitrogens is 2. The van der Waals surface area contributed by atoms with E-state index in [2.05, 4.69) is 9.97 Å². The van der Waals surface area contributed by atoms with E-state index in [-0.39, 0.29) is 22.8 Å². The monoisotopic (exact) mass is 286 g/mol. The van der Waals surface area contributed by atoms with Crippen LogP contribution in [0.4, 0.5) is 4.39 Å². The van der Waals surface area contributed by atoms with Crippen LogP contribution in [0.15, 0.2) is 24.4 Å². The molecule has 7 heteroatoms. The van der Waals surface area contributed by atoms with E-state index in [9.17, 15) is 4.39 Å². The lowest BCUT2D eigenvalue weighted by atomic mass is 9.89. The summed E-state index contributed by atoms with van der Waals surface area (Å²) < 4.78 is 30.5.